The summed E-state index contributed by atoms with van der Waals surface area (Å²) in [5.74, 6) is -1.19. The molecule has 0 spiro atoms. The fraction of sp³-hybridized carbons (Fsp3) is 0.308. The molecule has 4 rings (SSSR count). The monoisotopic (exact) mass is 618 g/mol. The van der Waals surface area contributed by atoms with E-state index in [1.54, 1.807) is 77.9 Å². The number of rotatable bonds is 0. The number of nitrogens with zero attached hydrogens (tertiary/aromatic N) is 2. The molecule has 0 N–H and O–H groups in total. The van der Waals surface area contributed by atoms with Gasteiger partial charge in [0, 0.05) is 20.1 Å². The molecule has 2 aromatic carbocycles. The van der Waals surface area contributed by atoms with E-state index in [4.69, 9.17) is 9.47 Å². The number of allylic oxidation sites excluding steroid dienone is 2. The van der Waals surface area contributed by atoms with Crippen LogP contribution in [0, 0.1) is 0 Å². The number of fused-ring (bicyclic) bond motifs is 2. The highest BCUT2D eigenvalue weighted by Crippen LogP contribution is 2.44. The summed E-state index contributed by atoms with van der Waals surface area (Å²) in [6.45, 7) is 10.2. The van der Waals surface area contributed by atoms with Crippen molar-refractivity contribution in [3.8, 4) is 0 Å². The van der Waals surface area contributed by atoms with Crippen molar-refractivity contribution in [2.45, 2.75) is 52.7 Å². The molecule has 8 nitrogen and oxygen atoms in total. The van der Waals surface area contributed by atoms with Crippen LogP contribution in [-0.4, -0.2) is 35.0 Å². The van der Waals surface area contributed by atoms with Crippen LogP contribution >= 0.6 is 31.9 Å². The van der Waals surface area contributed by atoms with Gasteiger partial charge in [-0.2, -0.15) is 0 Å². The molecule has 0 bridgehead atoms. The van der Waals surface area contributed by atoms with Gasteiger partial charge in [-0.1, -0.05) is 31.9 Å². The largest absolute Gasteiger partial charge is 0.443 e. The summed E-state index contributed by atoms with van der Waals surface area (Å²) in [6.07, 6.45) is -1.71. The van der Waals surface area contributed by atoms with E-state index in [1.165, 1.54) is 0 Å². The molecule has 0 unspecified atom stereocenters. The van der Waals surface area contributed by atoms with Crippen molar-refractivity contribution < 1.29 is 28.7 Å². The molecule has 188 valence electrons. The Hall–Kier alpha value is -2.98. The SMILES string of the molecule is CC(C)(C)OC(=O)N1/C(=C2\C(=O)c3cc(Br)ccc3N2C(=O)OC(C)(C)C)C(=O)c2cc(Br)ccc21. The molecule has 0 radical (unpaired) electrons. The maximum atomic E-state index is 13.8. The average molecular weight is 620 g/mol. The fourth-order valence-electron chi connectivity index (χ4n) is 3.89. The zero-order chi connectivity index (χ0) is 26.7. The third kappa shape index (κ3) is 4.71. The number of carbonyl (C=O) groups is 4. The van der Waals surface area contributed by atoms with E-state index in [-0.39, 0.29) is 33.9 Å². The molecule has 0 fully saturated rings. The normalized spacial score (nSPS) is 17.3. The molecule has 0 aliphatic carbocycles. The molecular weight excluding hydrogens is 596 g/mol. The summed E-state index contributed by atoms with van der Waals surface area (Å²) in [6, 6.07) is 9.62. The second kappa shape index (κ2) is 8.85. The Morgan fingerprint density at radius 2 is 1.00 bits per heavy atom. The van der Waals surface area contributed by atoms with Crippen molar-refractivity contribution in [3.05, 3.63) is 67.9 Å². The van der Waals surface area contributed by atoms with E-state index >= 15 is 0 Å². The summed E-state index contributed by atoms with van der Waals surface area (Å²) in [4.78, 5) is 56.5. The highest BCUT2D eigenvalue weighted by atomic mass is 79.9. The molecule has 2 heterocycles. The minimum atomic E-state index is -0.883. The predicted molar refractivity (Wildman–Crippen MR) is 141 cm³/mol. The molecule has 0 saturated heterocycles. The number of amides is 2. The molecule has 10 heteroatoms. The van der Waals surface area contributed by atoms with E-state index in [1.807, 2.05) is 0 Å². The number of hydrogen-bond donors (Lipinski definition) is 0. The van der Waals surface area contributed by atoms with E-state index in [9.17, 15) is 19.2 Å². The summed E-state index contributed by atoms with van der Waals surface area (Å²) < 4.78 is 12.4. The van der Waals surface area contributed by atoms with E-state index in [0.717, 1.165) is 9.80 Å². The van der Waals surface area contributed by atoms with Crippen LogP contribution in [-0.2, 0) is 9.47 Å². The zero-order valence-corrected chi connectivity index (χ0v) is 23.7. The summed E-state index contributed by atoms with van der Waals surface area (Å²) in [5, 5.41) is 0. The van der Waals surface area contributed by atoms with Gasteiger partial charge in [-0.15, -0.1) is 0 Å². The van der Waals surface area contributed by atoms with Crippen molar-refractivity contribution in [1.29, 1.82) is 0 Å². The number of benzene rings is 2. The lowest BCUT2D eigenvalue weighted by Crippen LogP contribution is -2.40. The molecular formula is C26H24Br2N2O6. The van der Waals surface area contributed by atoms with Crippen molar-refractivity contribution in [2.24, 2.45) is 0 Å². The van der Waals surface area contributed by atoms with Gasteiger partial charge in [-0.05, 0) is 77.9 Å². The maximum absolute atomic E-state index is 13.8. The van der Waals surface area contributed by atoms with Gasteiger partial charge in [0.25, 0.3) is 0 Å². The van der Waals surface area contributed by atoms with Gasteiger partial charge in [0.1, 0.15) is 22.6 Å². The van der Waals surface area contributed by atoms with Crippen LogP contribution < -0.4 is 9.80 Å². The van der Waals surface area contributed by atoms with Gasteiger partial charge < -0.3 is 9.47 Å². The first-order chi connectivity index (χ1) is 16.6. The number of halogens is 2. The highest BCUT2D eigenvalue weighted by Gasteiger charge is 2.48. The number of carbonyl (C=O) groups excluding carboxylic acids is 4. The molecule has 2 amide bonds. The van der Waals surface area contributed by atoms with Crippen molar-refractivity contribution in [2.75, 3.05) is 9.80 Å². The van der Waals surface area contributed by atoms with Crippen LogP contribution in [0.5, 0.6) is 0 Å². The minimum absolute atomic E-state index is 0.187. The van der Waals surface area contributed by atoms with Crippen LogP contribution in [0.25, 0.3) is 0 Å². The number of hydrogen-bond acceptors (Lipinski definition) is 6. The summed E-state index contributed by atoms with van der Waals surface area (Å²) >= 11 is 6.71. The van der Waals surface area contributed by atoms with Gasteiger partial charge in [-0.25, -0.2) is 19.4 Å². The smallest absolute Gasteiger partial charge is 0.419 e. The zero-order valence-electron chi connectivity index (χ0n) is 20.6. The number of ketones is 2. The first-order valence-corrected chi connectivity index (χ1v) is 12.7. The van der Waals surface area contributed by atoms with E-state index in [0.29, 0.717) is 8.95 Å². The van der Waals surface area contributed by atoms with Gasteiger partial charge in [0.05, 0.1) is 11.4 Å². The number of Topliss-reactive ketones (excluding diaryl/α,β-unsaturated/α-hetero) is 2. The van der Waals surface area contributed by atoms with Crippen LogP contribution in [0.15, 0.2) is 56.7 Å². The predicted octanol–water partition coefficient (Wildman–Crippen LogP) is 7.00. The topological polar surface area (TPSA) is 93.2 Å². The van der Waals surface area contributed by atoms with Gasteiger partial charge in [0.2, 0.25) is 11.6 Å². The lowest BCUT2D eigenvalue weighted by atomic mass is 10.1. The molecule has 2 aromatic rings. The fourth-order valence-corrected chi connectivity index (χ4v) is 4.61. The Balaban J connectivity index is 2.00. The van der Waals surface area contributed by atoms with Gasteiger partial charge in [-0.3, -0.25) is 9.59 Å². The highest BCUT2D eigenvalue weighted by molar-refractivity contribution is 9.10. The summed E-state index contributed by atoms with van der Waals surface area (Å²) in [7, 11) is 0. The maximum Gasteiger partial charge on any atom is 0.419 e. The second-order valence-electron chi connectivity index (χ2n) is 10.3. The molecule has 0 atom stereocenters. The third-order valence-corrected chi connectivity index (χ3v) is 6.13. The lowest BCUT2D eigenvalue weighted by molar-refractivity contribution is 0.0571. The van der Waals surface area contributed by atoms with Crippen molar-refractivity contribution >= 4 is 67.0 Å². The van der Waals surface area contributed by atoms with Crippen LogP contribution in [0.3, 0.4) is 0 Å². The second-order valence-corrected chi connectivity index (χ2v) is 12.1. The first-order valence-electron chi connectivity index (χ1n) is 11.1. The Kier molecular flexibility index (Phi) is 6.41. The Labute approximate surface area is 225 Å². The van der Waals surface area contributed by atoms with Crippen molar-refractivity contribution in [3.63, 3.8) is 0 Å². The molecule has 2 aliphatic rings. The van der Waals surface area contributed by atoms with Gasteiger partial charge >= 0.3 is 12.2 Å². The summed E-state index contributed by atoms with van der Waals surface area (Å²) in [5.41, 5.74) is -1.46. The van der Waals surface area contributed by atoms with E-state index < -0.39 is 35.0 Å². The lowest BCUT2D eigenvalue weighted by Gasteiger charge is -2.28. The Morgan fingerprint density at radius 1 is 0.667 bits per heavy atom. The van der Waals surface area contributed by atoms with Gasteiger partial charge in [0.15, 0.2) is 0 Å². The number of anilines is 2. The molecule has 2 aliphatic heterocycles. The number of ether oxygens (including phenoxy) is 2. The third-order valence-electron chi connectivity index (χ3n) is 5.14. The Morgan fingerprint density at radius 3 is 1.31 bits per heavy atom. The molecule has 0 aromatic heterocycles. The minimum Gasteiger partial charge on any atom is -0.443 e. The quantitative estimate of drug-likeness (QED) is 0.295. The first kappa shape index (κ1) is 26.1. The Bertz CT molecular complexity index is 1260. The molecule has 36 heavy (non-hydrogen) atoms. The van der Waals surface area contributed by atoms with Crippen LogP contribution in [0.1, 0.15) is 62.3 Å². The van der Waals surface area contributed by atoms with Crippen molar-refractivity contribution in [1.82, 2.24) is 0 Å². The van der Waals surface area contributed by atoms with E-state index in [2.05, 4.69) is 31.9 Å². The molecule has 0 saturated carbocycles. The van der Waals surface area contributed by atoms with Crippen LogP contribution in [0.2, 0.25) is 0 Å². The van der Waals surface area contributed by atoms with Crippen LogP contribution in [0.4, 0.5) is 21.0 Å². The standard InChI is InChI=1S/C26H24Br2N2O6/c1-25(2,3)35-23(33)29-17-9-7-13(27)11-15(17)21(31)19(29)20-22(32)16-12-14(28)8-10-18(16)30(20)24(34)36-26(4,5)6/h7-12H,1-6H3/b20-19+. The average Bonchev–Trinajstić information content (AvgIpc) is 3.16.